The summed E-state index contributed by atoms with van der Waals surface area (Å²) in [7, 11) is 0. The van der Waals surface area contributed by atoms with Crippen LogP contribution in [0.5, 0.6) is 0 Å². The summed E-state index contributed by atoms with van der Waals surface area (Å²) in [6, 6.07) is 16.6. The van der Waals surface area contributed by atoms with E-state index in [1.54, 1.807) is 24.3 Å². The van der Waals surface area contributed by atoms with Gasteiger partial charge in [0.25, 0.3) is 5.91 Å². The summed E-state index contributed by atoms with van der Waals surface area (Å²) in [6.07, 6.45) is 1.95. The summed E-state index contributed by atoms with van der Waals surface area (Å²) in [6.45, 7) is 6.25. The van der Waals surface area contributed by atoms with Gasteiger partial charge in [-0.1, -0.05) is 55.5 Å². The largest absolute Gasteiger partial charge is 0.462 e. The van der Waals surface area contributed by atoms with Crippen LogP contribution in [0.15, 0.2) is 60.8 Å². The fraction of sp³-hybridized carbons (Fsp3) is 0.208. The second kappa shape index (κ2) is 8.73. The van der Waals surface area contributed by atoms with Gasteiger partial charge >= 0.3 is 5.97 Å². The van der Waals surface area contributed by atoms with Crippen LogP contribution >= 0.6 is 11.3 Å². The first-order valence-corrected chi connectivity index (χ1v) is 10.9. The Labute approximate surface area is 184 Å². The molecular formula is C24H23N3O3S. The summed E-state index contributed by atoms with van der Waals surface area (Å²) in [5, 5.41) is 2.89. The smallest absolute Gasteiger partial charge is 0.338 e. The van der Waals surface area contributed by atoms with E-state index in [-0.39, 0.29) is 17.8 Å². The van der Waals surface area contributed by atoms with Gasteiger partial charge in [0.15, 0.2) is 4.96 Å². The van der Waals surface area contributed by atoms with Gasteiger partial charge in [0.1, 0.15) is 4.88 Å². The molecule has 2 aromatic heterocycles. The van der Waals surface area contributed by atoms with Crippen molar-refractivity contribution in [2.24, 2.45) is 5.92 Å². The van der Waals surface area contributed by atoms with Gasteiger partial charge in [0.05, 0.1) is 17.9 Å². The SMILES string of the molecule is Cc1c(C(=O)Nc2ccc(C(=O)OCC(C)C)cc2)sc2nc(-c3ccccc3)cn12. The van der Waals surface area contributed by atoms with E-state index >= 15 is 0 Å². The highest BCUT2D eigenvalue weighted by molar-refractivity contribution is 7.19. The number of aromatic nitrogens is 2. The first-order chi connectivity index (χ1) is 14.9. The molecule has 0 saturated carbocycles. The van der Waals surface area contributed by atoms with Crippen molar-refractivity contribution < 1.29 is 14.3 Å². The molecule has 0 aliphatic rings. The Balaban J connectivity index is 1.48. The lowest BCUT2D eigenvalue weighted by Crippen LogP contribution is -2.13. The molecule has 6 nitrogen and oxygen atoms in total. The quantitative estimate of drug-likeness (QED) is 0.411. The van der Waals surface area contributed by atoms with Crippen LogP contribution in [0.3, 0.4) is 0 Å². The standard InChI is InChI=1S/C24H23N3O3S/c1-15(2)14-30-23(29)18-9-11-19(12-10-18)25-22(28)21-16(3)27-13-20(26-24(27)31-21)17-7-5-4-6-8-17/h4-13,15H,14H2,1-3H3,(H,25,28). The molecule has 7 heteroatoms. The molecule has 4 rings (SSSR count). The van der Waals surface area contributed by atoms with Crippen LogP contribution in [0.1, 0.15) is 39.6 Å². The summed E-state index contributed by atoms with van der Waals surface area (Å²) in [5.74, 6) is -0.290. The van der Waals surface area contributed by atoms with E-state index < -0.39 is 0 Å². The van der Waals surface area contributed by atoms with Crippen molar-refractivity contribution in [1.29, 1.82) is 0 Å². The summed E-state index contributed by atoms with van der Waals surface area (Å²) < 4.78 is 7.17. The van der Waals surface area contributed by atoms with E-state index in [9.17, 15) is 9.59 Å². The lowest BCUT2D eigenvalue weighted by molar-refractivity contribution is 0.0459. The molecule has 158 valence electrons. The zero-order chi connectivity index (χ0) is 22.0. The van der Waals surface area contributed by atoms with E-state index in [0.717, 1.165) is 21.9 Å². The Morgan fingerprint density at radius 3 is 2.45 bits per heavy atom. The van der Waals surface area contributed by atoms with Gasteiger partial charge in [-0.2, -0.15) is 0 Å². The molecule has 0 aliphatic carbocycles. The van der Waals surface area contributed by atoms with E-state index in [2.05, 4.69) is 10.3 Å². The normalized spacial score (nSPS) is 11.1. The van der Waals surface area contributed by atoms with E-state index in [0.29, 0.717) is 22.7 Å². The molecule has 1 amide bonds. The molecule has 0 bridgehead atoms. The molecule has 0 spiro atoms. The Morgan fingerprint density at radius 2 is 1.81 bits per heavy atom. The number of hydrogen-bond donors (Lipinski definition) is 1. The molecule has 31 heavy (non-hydrogen) atoms. The van der Waals surface area contributed by atoms with Crippen LogP contribution in [0.25, 0.3) is 16.2 Å². The number of benzene rings is 2. The minimum absolute atomic E-state index is 0.204. The third-order valence-electron chi connectivity index (χ3n) is 4.76. The molecule has 0 unspecified atom stereocenters. The van der Waals surface area contributed by atoms with Gasteiger partial charge in [0.2, 0.25) is 0 Å². The average Bonchev–Trinajstić information content (AvgIpc) is 3.32. The predicted octanol–water partition coefficient (Wildman–Crippen LogP) is 5.44. The van der Waals surface area contributed by atoms with Crippen molar-refractivity contribution in [3.05, 3.63) is 76.9 Å². The lowest BCUT2D eigenvalue weighted by atomic mass is 10.2. The number of esters is 1. The molecule has 0 radical (unpaired) electrons. The Morgan fingerprint density at radius 1 is 1.10 bits per heavy atom. The van der Waals surface area contributed by atoms with Crippen molar-refractivity contribution in [2.45, 2.75) is 20.8 Å². The Hall–Kier alpha value is -3.45. The van der Waals surface area contributed by atoms with E-state index in [1.807, 2.05) is 61.7 Å². The maximum absolute atomic E-state index is 12.8. The van der Waals surface area contributed by atoms with Crippen LogP contribution in [0, 0.1) is 12.8 Å². The second-order valence-corrected chi connectivity index (χ2v) is 8.66. The number of thiazole rings is 1. The molecule has 0 aliphatic heterocycles. The fourth-order valence-corrected chi connectivity index (χ4v) is 4.12. The van der Waals surface area contributed by atoms with Gasteiger partial charge in [-0.15, -0.1) is 0 Å². The van der Waals surface area contributed by atoms with Crippen LogP contribution in [-0.4, -0.2) is 27.9 Å². The van der Waals surface area contributed by atoms with Gasteiger partial charge in [0, 0.05) is 23.1 Å². The van der Waals surface area contributed by atoms with E-state index in [4.69, 9.17) is 4.74 Å². The van der Waals surface area contributed by atoms with Crippen LogP contribution in [0.4, 0.5) is 5.69 Å². The van der Waals surface area contributed by atoms with Crippen LogP contribution in [-0.2, 0) is 4.74 Å². The molecule has 2 heterocycles. The number of fused-ring (bicyclic) bond motifs is 1. The highest BCUT2D eigenvalue weighted by atomic mass is 32.1. The summed E-state index contributed by atoms with van der Waals surface area (Å²) in [5.41, 5.74) is 3.82. The van der Waals surface area contributed by atoms with Crippen molar-refractivity contribution in [3.63, 3.8) is 0 Å². The van der Waals surface area contributed by atoms with Gasteiger partial charge < -0.3 is 10.1 Å². The summed E-state index contributed by atoms with van der Waals surface area (Å²) in [4.78, 5) is 30.9. The second-order valence-electron chi connectivity index (χ2n) is 7.69. The predicted molar refractivity (Wildman–Crippen MR) is 123 cm³/mol. The molecule has 0 atom stereocenters. The minimum atomic E-state index is -0.365. The minimum Gasteiger partial charge on any atom is -0.462 e. The molecule has 2 aromatic carbocycles. The topological polar surface area (TPSA) is 72.7 Å². The molecular weight excluding hydrogens is 410 g/mol. The van der Waals surface area contributed by atoms with Crippen LogP contribution < -0.4 is 5.32 Å². The van der Waals surface area contributed by atoms with Crippen molar-refractivity contribution in [1.82, 2.24) is 9.38 Å². The van der Waals surface area contributed by atoms with Gasteiger partial charge in [-0.25, -0.2) is 9.78 Å². The number of imidazole rings is 1. The maximum Gasteiger partial charge on any atom is 0.338 e. The van der Waals surface area contributed by atoms with Crippen molar-refractivity contribution in [3.8, 4) is 11.3 Å². The number of hydrogen-bond acceptors (Lipinski definition) is 5. The third kappa shape index (κ3) is 4.51. The molecule has 0 saturated heterocycles. The number of rotatable bonds is 6. The average molecular weight is 434 g/mol. The van der Waals surface area contributed by atoms with Crippen molar-refractivity contribution in [2.75, 3.05) is 11.9 Å². The number of nitrogens with zero attached hydrogens (tertiary/aromatic N) is 2. The maximum atomic E-state index is 12.8. The van der Waals surface area contributed by atoms with Gasteiger partial charge in [-0.05, 0) is 37.1 Å². The fourth-order valence-electron chi connectivity index (χ4n) is 3.11. The number of carbonyl (C=O) groups is 2. The first kappa shape index (κ1) is 20.8. The van der Waals surface area contributed by atoms with Gasteiger partial charge in [-0.3, -0.25) is 9.20 Å². The molecule has 1 N–H and O–H groups in total. The third-order valence-corrected chi connectivity index (χ3v) is 5.91. The highest BCUT2D eigenvalue weighted by Crippen LogP contribution is 2.27. The Kier molecular flexibility index (Phi) is 5.86. The Bertz CT molecular complexity index is 1220. The number of nitrogens with one attached hydrogen (secondary N) is 1. The zero-order valence-corrected chi connectivity index (χ0v) is 18.4. The first-order valence-electron chi connectivity index (χ1n) is 10.0. The number of anilines is 1. The van der Waals surface area contributed by atoms with E-state index in [1.165, 1.54) is 11.3 Å². The number of amides is 1. The lowest BCUT2D eigenvalue weighted by Gasteiger charge is -2.08. The molecule has 4 aromatic rings. The summed E-state index contributed by atoms with van der Waals surface area (Å²) >= 11 is 1.35. The zero-order valence-electron chi connectivity index (χ0n) is 17.6. The molecule has 0 fully saturated rings. The number of ether oxygens (including phenoxy) is 1. The van der Waals surface area contributed by atoms with Crippen LogP contribution in [0.2, 0.25) is 0 Å². The highest BCUT2D eigenvalue weighted by Gasteiger charge is 2.18. The monoisotopic (exact) mass is 433 g/mol. The number of aryl methyl sites for hydroxylation is 1. The number of carbonyl (C=O) groups excluding carboxylic acids is 2. The van der Waals surface area contributed by atoms with Crippen molar-refractivity contribution >= 4 is 33.9 Å².